The van der Waals surface area contributed by atoms with Gasteiger partial charge in [0.1, 0.15) is 0 Å². The number of carboxylic acid groups (broad SMARTS) is 3. The van der Waals surface area contributed by atoms with Crippen molar-refractivity contribution in [2.75, 3.05) is 65.4 Å². The summed E-state index contributed by atoms with van der Waals surface area (Å²) in [4.78, 5) is 35.9. The Morgan fingerprint density at radius 3 is 1.65 bits per heavy atom. The van der Waals surface area contributed by atoms with Crippen LogP contribution in [0.15, 0.2) is 0 Å². The van der Waals surface area contributed by atoms with Gasteiger partial charge >= 0.3 is 17.9 Å². The van der Waals surface area contributed by atoms with Crippen LogP contribution in [0.4, 0.5) is 0 Å². The standard InChI is InChI=1S/C16H32N4O6/c1-2-4-17-5-9-19(12-15(23)24)7-3-8-20(13-16(25)26)10-6-18-11-14(21)22/h17-18H,2-13H2,1H3,(H,21,22)(H,23,24)(H,25,26). The second-order valence-electron chi connectivity index (χ2n) is 6.01. The lowest BCUT2D eigenvalue weighted by Crippen LogP contribution is -2.40. The quantitative estimate of drug-likeness (QED) is 0.186. The van der Waals surface area contributed by atoms with Gasteiger partial charge in [-0.05, 0) is 19.4 Å². The van der Waals surface area contributed by atoms with Gasteiger partial charge in [0.2, 0.25) is 0 Å². The van der Waals surface area contributed by atoms with E-state index in [0.717, 1.165) is 13.0 Å². The Balaban J connectivity index is 4.25. The summed E-state index contributed by atoms with van der Waals surface area (Å²) in [5.74, 6) is -2.80. The maximum Gasteiger partial charge on any atom is 0.317 e. The lowest BCUT2D eigenvalue weighted by molar-refractivity contribution is -0.139. The lowest BCUT2D eigenvalue weighted by atomic mass is 10.3. The molecule has 0 heterocycles. The van der Waals surface area contributed by atoms with Gasteiger partial charge in [-0.3, -0.25) is 24.2 Å². The monoisotopic (exact) mass is 376 g/mol. The van der Waals surface area contributed by atoms with Gasteiger partial charge in [0.25, 0.3) is 0 Å². The van der Waals surface area contributed by atoms with E-state index in [2.05, 4.69) is 17.6 Å². The average Bonchev–Trinajstić information content (AvgIpc) is 2.53. The molecule has 26 heavy (non-hydrogen) atoms. The van der Waals surface area contributed by atoms with Crippen molar-refractivity contribution in [1.82, 2.24) is 20.4 Å². The van der Waals surface area contributed by atoms with E-state index in [0.29, 0.717) is 45.7 Å². The Labute approximate surface area is 154 Å². The molecule has 0 rings (SSSR count). The van der Waals surface area contributed by atoms with Gasteiger partial charge in [-0.25, -0.2) is 0 Å². The minimum absolute atomic E-state index is 0.0487. The zero-order valence-electron chi connectivity index (χ0n) is 15.4. The summed E-state index contributed by atoms with van der Waals surface area (Å²) in [5, 5.41) is 32.5. The van der Waals surface area contributed by atoms with Gasteiger partial charge in [0, 0.05) is 39.3 Å². The summed E-state index contributed by atoms with van der Waals surface area (Å²) in [5.41, 5.74) is 0. The second kappa shape index (κ2) is 15.5. The first-order chi connectivity index (χ1) is 12.3. The molecule has 0 radical (unpaired) electrons. The van der Waals surface area contributed by atoms with Crippen molar-refractivity contribution in [2.24, 2.45) is 0 Å². The van der Waals surface area contributed by atoms with Gasteiger partial charge < -0.3 is 26.0 Å². The minimum atomic E-state index is -0.962. The fraction of sp³-hybridized carbons (Fsp3) is 0.812. The molecule has 10 heteroatoms. The molecule has 0 aromatic rings. The van der Waals surface area contributed by atoms with Crippen LogP contribution in [0.25, 0.3) is 0 Å². The molecule has 0 aliphatic heterocycles. The smallest absolute Gasteiger partial charge is 0.317 e. The van der Waals surface area contributed by atoms with Crippen LogP contribution >= 0.6 is 0 Å². The molecular weight excluding hydrogens is 344 g/mol. The molecule has 0 aliphatic carbocycles. The van der Waals surface area contributed by atoms with Gasteiger partial charge in [0.15, 0.2) is 0 Å². The maximum absolute atomic E-state index is 11.0. The first-order valence-corrected chi connectivity index (χ1v) is 8.86. The molecule has 0 bridgehead atoms. The third-order valence-corrected chi connectivity index (χ3v) is 3.58. The summed E-state index contributed by atoms with van der Waals surface area (Å²) in [6, 6.07) is 0. The normalized spacial score (nSPS) is 11.2. The molecule has 0 aliphatic rings. The second-order valence-corrected chi connectivity index (χ2v) is 6.01. The molecule has 0 atom stereocenters. The van der Waals surface area contributed by atoms with E-state index in [1.807, 2.05) is 4.90 Å². The van der Waals surface area contributed by atoms with Gasteiger partial charge in [-0.1, -0.05) is 6.92 Å². The molecule has 0 spiro atoms. The van der Waals surface area contributed by atoms with Crippen molar-refractivity contribution in [3.8, 4) is 0 Å². The molecule has 0 aromatic carbocycles. The predicted molar refractivity (Wildman–Crippen MR) is 96.4 cm³/mol. The van der Waals surface area contributed by atoms with Crippen LogP contribution in [0.5, 0.6) is 0 Å². The molecule has 0 saturated heterocycles. The van der Waals surface area contributed by atoms with Crippen molar-refractivity contribution in [1.29, 1.82) is 0 Å². The summed E-state index contributed by atoms with van der Waals surface area (Å²) in [6.45, 7) is 5.76. The molecule has 0 unspecified atom stereocenters. The van der Waals surface area contributed by atoms with Gasteiger partial charge in [-0.2, -0.15) is 0 Å². The van der Waals surface area contributed by atoms with Crippen molar-refractivity contribution in [2.45, 2.75) is 19.8 Å². The molecule has 10 nitrogen and oxygen atoms in total. The summed E-state index contributed by atoms with van der Waals surface area (Å²) in [6.07, 6.45) is 1.65. The third-order valence-electron chi connectivity index (χ3n) is 3.58. The van der Waals surface area contributed by atoms with E-state index in [-0.39, 0.29) is 19.6 Å². The van der Waals surface area contributed by atoms with Gasteiger partial charge in [0.05, 0.1) is 19.6 Å². The number of hydrogen-bond donors (Lipinski definition) is 5. The number of nitrogens with zero attached hydrogens (tertiary/aromatic N) is 2. The zero-order valence-corrected chi connectivity index (χ0v) is 15.4. The van der Waals surface area contributed by atoms with E-state index in [1.54, 1.807) is 4.90 Å². The summed E-state index contributed by atoms with van der Waals surface area (Å²) < 4.78 is 0. The van der Waals surface area contributed by atoms with Crippen LogP contribution < -0.4 is 10.6 Å². The number of aliphatic carboxylic acids is 3. The number of hydrogen-bond acceptors (Lipinski definition) is 7. The fourth-order valence-corrected chi connectivity index (χ4v) is 2.41. The maximum atomic E-state index is 11.0. The predicted octanol–water partition coefficient (Wildman–Crippen LogP) is -1.18. The van der Waals surface area contributed by atoms with Gasteiger partial charge in [-0.15, -0.1) is 0 Å². The largest absolute Gasteiger partial charge is 0.480 e. The van der Waals surface area contributed by atoms with Crippen LogP contribution in [-0.4, -0.2) is 108 Å². The van der Waals surface area contributed by atoms with Crippen molar-refractivity contribution in [3.05, 3.63) is 0 Å². The average molecular weight is 376 g/mol. The minimum Gasteiger partial charge on any atom is -0.480 e. The Morgan fingerprint density at radius 1 is 0.731 bits per heavy atom. The zero-order chi connectivity index (χ0) is 19.8. The Kier molecular flexibility index (Phi) is 14.5. The highest BCUT2D eigenvalue weighted by Crippen LogP contribution is 1.96. The van der Waals surface area contributed by atoms with Crippen LogP contribution in [0.3, 0.4) is 0 Å². The van der Waals surface area contributed by atoms with Crippen molar-refractivity contribution >= 4 is 17.9 Å². The highest BCUT2D eigenvalue weighted by atomic mass is 16.4. The van der Waals surface area contributed by atoms with E-state index < -0.39 is 17.9 Å². The van der Waals surface area contributed by atoms with Crippen LogP contribution in [0.2, 0.25) is 0 Å². The third kappa shape index (κ3) is 15.8. The number of carbonyl (C=O) groups is 3. The molecule has 152 valence electrons. The fourth-order valence-electron chi connectivity index (χ4n) is 2.41. The lowest BCUT2D eigenvalue weighted by Gasteiger charge is -2.24. The molecular formula is C16H32N4O6. The van der Waals surface area contributed by atoms with Crippen LogP contribution in [0, 0.1) is 0 Å². The molecule has 5 N–H and O–H groups in total. The number of rotatable bonds is 18. The molecule has 0 amide bonds. The van der Waals surface area contributed by atoms with Crippen LogP contribution in [-0.2, 0) is 14.4 Å². The molecule has 0 saturated carbocycles. The highest BCUT2D eigenvalue weighted by Gasteiger charge is 2.12. The first-order valence-electron chi connectivity index (χ1n) is 8.86. The van der Waals surface area contributed by atoms with Crippen LogP contribution in [0.1, 0.15) is 19.8 Å². The highest BCUT2D eigenvalue weighted by molar-refractivity contribution is 5.69. The SMILES string of the molecule is CCCNCCN(CCCN(CCNCC(=O)O)CC(=O)O)CC(=O)O. The van der Waals surface area contributed by atoms with E-state index >= 15 is 0 Å². The Morgan fingerprint density at radius 2 is 1.23 bits per heavy atom. The Bertz CT molecular complexity index is 422. The van der Waals surface area contributed by atoms with E-state index in [4.69, 9.17) is 15.3 Å². The van der Waals surface area contributed by atoms with E-state index in [1.165, 1.54) is 0 Å². The van der Waals surface area contributed by atoms with Crippen molar-refractivity contribution < 1.29 is 29.7 Å². The molecule has 0 fully saturated rings. The number of nitrogens with one attached hydrogen (secondary N) is 2. The number of carboxylic acids is 3. The topological polar surface area (TPSA) is 142 Å². The van der Waals surface area contributed by atoms with Crippen molar-refractivity contribution in [3.63, 3.8) is 0 Å². The first kappa shape index (κ1) is 24.2. The summed E-state index contributed by atoms with van der Waals surface area (Å²) in [7, 11) is 0. The van der Waals surface area contributed by atoms with E-state index in [9.17, 15) is 14.4 Å². The summed E-state index contributed by atoms with van der Waals surface area (Å²) >= 11 is 0. The molecule has 0 aromatic heterocycles. The Hall–Kier alpha value is -1.75.